The summed E-state index contributed by atoms with van der Waals surface area (Å²) < 4.78 is 6.85. The number of hydrogen-bond acceptors (Lipinski definition) is 4. The van der Waals surface area contributed by atoms with Crippen LogP contribution in [0.5, 0.6) is 0 Å². The van der Waals surface area contributed by atoms with Crippen LogP contribution >= 0.6 is 23.2 Å². The standard InChI is InChI=1S/C17H18Cl2N4O3/c1-2-23-15(17(25)22-5-7-26-8-6-22)14(10-20-23)21-16(24)12-4-3-11(18)9-13(12)19/h3-4,9-10H,2,5-8H2,1H3,(H,21,24). The Bertz CT molecular complexity index is 831. The summed E-state index contributed by atoms with van der Waals surface area (Å²) >= 11 is 12.0. The minimum atomic E-state index is -0.432. The van der Waals surface area contributed by atoms with Crippen LogP contribution in [0.2, 0.25) is 10.0 Å². The molecule has 9 heteroatoms. The lowest BCUT2D eigenvalue weighted by Crippen LogP contribution is -2.41. The van der Waals surface area contributed by atoms with E-state index in [-0.39, 0.29) is 16.5 Å². The first kappa shape index (κ1) is 18.7. The second kappa shape index (κ2) is 8.07. The fraction of sp³-hybridized carbons (Fsp3) is 0.353. The molecule has 0 radical (unpaired) electrons. The van der Waals surface area contributed by atoms with E-state index in [0.29, 0.717) is 49.3 Å². The van der Waals surface area contributed by atoms with E-state index < -0.39 is 5.91 Å². The highest BCUT2D eigenvalue weighted by molar-refractivity contribution is 6.37. The SMILES string of the molecule is CCn1ncc(NC(=O)c2ccc(Cl)cc2Cl)c1C(=O)N1CCOCC1. The van der Waals surface area contributed by atoms with Gasteiger partial charge in [0.15, 0.2) is 0 Å². The van der Waals surface area contributed by atoms with Gasteiger partial charge in [0.05, 0.1) is 35.7 Å². The van der Waals surface area contributed by atoms with Gasteiger partial charge in [0.25, 0.3) is 11.8 Å². The predicted octanol–water partition coefficient (Wildman–Crippen LogP) is 2.93. The van der Waals surface area contributed by atoms with Crippen LogP contribution in [-0.4, -0.2) is 52.8 Å². The van der Waals surface area contributed by atoms with Gasteiger partial charge in [-0.1, -0.05) is 23.2 Å². The lowest BCUT2D eigenvalue weighted by molar-refractivity contribution is 0.0295. The van der Waals surface area contributed by atoms with Crippen LogP contribution in [0.1, 0.15) is 27.8 Å². The molecule has 2 aromatic rings. The second-order valence-corrected chi connectivity index (χ2v) is 6.55. The van der Waals surface area contributed by atoms with Crippen LogP contribution in [0.3, 0.4) is 0 Å². The molecule has 2 amide bonds. The lowest BCUT2D eigenvalue weighted by Gasteiger charge is -2.27. The van der Waals surface area contributed by atoms with Crippen molar-refractivity contribution in [3.05, 3.63) is 45.7 Å². The Labute approximate surface area is 160 Å². The fourth-order valence-electron chi connectivity index (χ4n) is 2.72. The van der Waals surface area contributed by atoms with Gasteiger partial charge < -0.3 is 15.0 Å². The fourth-order valence-corrected chi connectivity index (χ4v) is 3.22. The summed E-state index contributed by atoms with van der Waals surface area (Å²) in [5, 5.41) is 7.61. The minimum Gasteiger partial charge on any atom is -0.378 e. The summed E-state index contributed by atoms with van der Waals surface area (Å²) in [6.45, 7) is 4.38. The number of aryl methyl sites for hydroxylation is 1. The molecule has 1 N–H and O–H groups in total. The molecular weight excluding hydrogens is 379 g/mol. The zero-order valence-electron chi connectivity index (χ0n) is 14.2. The molecular formula is C17H18Cl2N4O3. The van der Waals surface area contributed by atoms with Crippen LogP contribution < -0.4 is 5.32 Å². The molecule has 0 unspecified atom stereocenters. The van der Waals surface area contributed by atoms with Crippen molar-refractivity contribution in [1.29, 1.82) is 0 Å². The normalized spacial score (nSPS) is 14.3. The van der Waals surface area contributed by atoms with Crippen molar-refractivity contribution in [2.45, 2.75) is 13.5 Å². The predicted molar refractivity (Wildman–Crippen MR) is 99.0 cm³/mol. The van der Waals surface area contributed by atoms with Gasteiger partial charge in [-0.15, -0.1) is 0 Å². The Morgan fingerprint density at radius 3 is 2.65 bits per heavy atom. The highest BCUT2D eigenvalue weighted by atomic mass is 35.5. The van der Waals surface area contributed by atoms with Crippen LogP contribution in [-0.2, 0) is 11.3 Å². The molecule has 1 saturated heterocycles. The Kier molecular flexibility index (Phi) is 5.80. The Morgan fingerprint density at radius 2 is 2.00 bits per heavy atom. The number of amides is 2. The van der Waals surface area contributed by atoms with Crippen LogP contribution in [0.4, 0.5) is 5.69 Å². The number of hydrogen-bond donors (Lipinski definition) is 1. The summed E-state index contributed by atoms with van der Waals surface area (Å²) in [7, 11) is 0. The van der Waals surface area contributed by atoms with Gasteiger partial charge in [-0.3, -0.25) is 14.3 Å². The molecule has 1 fully saturated rings. The van der Waals surface area contributed by atoms with Gasteiger partial charge in [0.1, 0.15) is 5.69 Å². The maximum absolute atomic E-state index is 12.9. The molecule has 0 atom stereocenters. The molecule has 7 nitrogen and oxygen atoms in total. The topological polar surface area (TPSA) is 76.5 Å². The molecule has 138 valence electrons. The first-order valence-electron chi connectivity index (χ1n) is 8.20. The number of aromatic nitrogens is 2. The van der Waals surface area contributed by atoms with Crippen molar-refractivity contribution < 1.29 is 14.3 Å². The van der Waals surface area contributed by atoms with Crippen molar-refractivity contribution in [3.8, 4) is 0 Å². The quantitative estimate of drug-likeness (QED) is 0.861. The number of carbonyl (C=O) groups excluding carboxylic acids is 2. The Balaban J connectivity index is 1.87. The molecule has 0 aliphatic carbocycles. The van der Waals surface area contributed by atoms with Gasteiger partial charge >= 0.3 is 0 Å². The van der Waals surface area contributed by atoms with Gasteiger partial charge in [0, 0.05) is 24.7 Å². The van der Waals surface area contributed by atoms with Crippen LogP contribution in [0.25, 0.3) is 0 Å². The highest BCUT2D eigenvalue weighted by Gasteiger charge is 2.26. The van der Waals surface area contributed by atoms with Gasteiger partial charge in [0.2, 0.25) is 0 Å². The largest absolute Gasteiger partial charge is 0.378 e. The number of benzene rings is 1. The van der Waals surface area contributed by atoms with Crippen molar-refractivity contribution >= 4 is 40.7 Å². The molecule has 3 rings (SSSR count). The summed E-state index contributed by atoms with van der Waals surface area (Å²) in [5.74, 6) is -0.622. The number of nitrogens with one attached hydrogen (secondary N) is 1. The second-order valence-electron chi connectivity index (χ2n) is 5.71. The molecule has 0 bridgehead atoms. The number of anilines is 1. The highest BCUT2D eigenvalue weighted by Crippen LogP contribution is 2.24. The molecule has 1 aliphatic heterocycles. The molecule has 1 aromatic heterocycles. The Hall–Kier alpha value is -2.09. The average molecular weight is 397 g/mol. The zero-order chi connectivity index (χ0) is 18.7. The monoisotopic (exact) mass is 396 g/mol. The minimum absolute atomic E-state index is 0.190. The first-order chi connectivity index (χ1) is 12.5. The number of halogens is 2. The molecule has 0 saturated carbocycles. The van der Waals surface area contributed by atoms with Gasteiger partial charge in [-0.2, -0.15) is 5.10 Å². The van der Waals surface area contributed by atoms with Crippen LogP contribution in [0, 0.1) is 0 Å². The third-order valence-corrected chi connectivity index (χ3v) is 4.61. The summed E-state index contributed by atoms with van der Waals surface area (Å²) in [6, 6.07) is 4.61. The van der Waals surface area contributed by atoms with E-state index in [1.165, 1.54) is 18.3 Å². The summed E-state index contributed by atoms with van der Waals surface area (Å²) in [6.07, 6.45) is 1.47. The summed E-state index contributed by atoms with van der Waals surface area (Å²) in [4.78, 5) is 27.2. The van der Waals surface area contributed by atoms with Gasteiger partial charge in [-0.25, -0.2) is 0 Å². The lowest BCUT2D eigenvalue weighted by atomic mass is 10.2. The van der Waals surface area contributed by atoms with Gasteiger partial charge in [-0.05, 0) is 25.1 Å². The van der Waals surface area contributed by atoms with E-state index in [4.69, 9.17) is 27.9 Å². The Morgan fingerprint density at radius 1 is 1.27 bits per heavy atom. The third kappa shape index (κ3) is 3.85. The summed E-state index contributed by atoms with van der Waals surface area (Å²) in [5.41, 5.74) is 0.956. The average Bonchev–Trinajstić information content (AvgIpc) is 3.04. The van der Waals surface area contributed by atoms with E-state index in [1.807, 2.05) is 6.92 Å². The zero-order valence-corrected chi connectivity index (χ0v) is 15.7. The third-order valence-electron chi connectivity index (χ3n) is 4.06. The van der Waals surface area contributed by atoms with Crippen molar-refractivity contribution in [2.24, 2.45) is 0 Å². The molecule has 1 aromatic carbocycles. The number of carbonyl (C=O) groups is 2. The smallest absolute Gasteiger partial charge is 0.274 e. The van der Waals surface area contributed by atoms with E-state index in [2.05, 4.69) is 10.4 Å². The molecule has 2 heterocycles. The number of morpholine rings is 1. The van der Waals surface area contributed by atoms with E-state index >= 15 is 0 Å². The first-order valence-corrected chi connectivity index (χ1v) is 8.96. The van der Waals surface area contributed by atoms with E-state index in [9.17, 15) is 9.59 Å². The molecule has 1 aliphatic rings. The maximum atomic E-state index is 12.9. The van der Waals surface area contributed by atoms with Crippen molar-refractivity contribution in [1.82, 2.24) is 14.7 Å². The van der Waals surface area contributed by atoms with Crippen molar-refractivity contribution in [2.75, 3.05) is 31.6 Å². The number of nitrogens with zero attached hydrogens (tertiary/aromatic N) is 3. The van der Waals surface area contributed by atoms with Crippen LogP contribution in [0.15, 0.2) is 24.4 Å². The van der Waals surface area contributed by atoms with E-state index in [0.717, 1.165) is 0 Å². The maximum Gasteiger partial charge on any atom is 0.274 e. The molecule has 26 heavy (non-hydrogen) atoms. The van der Waals surface area contributed by atoms with E-state index in [1.54, 1.807) is 15.6 Å². The number of rotatable bonds is 4. The number of ether oxygens (including phenoxy) is 1. The molecule has 0 spiro atoms. The van der Waals surface area contributed by atoms with Crippen molar-refractivity contribution in [3.63, 3.8) is 0 Å².